The number of hydrogen-bond donors (Lipinski definition) is 0. The Kier molecular flexibility index (Phi) is 6.72. The molecule has 31 heavy (non-hydrogen) atoms. The molecule has 0 bridgehead atoms. The molecule has 0 atom stereocenters. The summed E-state index contributed by atoms with van der Waals surface area (Å²) in [6.45, 7) is 2.50. The molecule has 0 amide bonds. The summed E-state index contributed by atoms with van der Waals surface area (Å²) < 4.78 is 16.6. The highest BCUT2D eigenvalue weighted by atomic mass is 16.5. The lowest BCUT2D eigenvalue weighted by molar-refractivity contribution is 0.104. The zero-order chi connectivity index (χ0) is 21.5. The number of ketones is 1. The van der Waals surface area contributed by atoms with E-state index in [0.717, 1.165) is 24.6 Å². The number of allylic oxidation sites excluding steroid dienone is 1. The van der Waals surface area contributed by atoms with Crippen LogP contribution in [0.15, 0.2) is 71.2 Å². The van der Waals surface area contributed by atoms with Gasteiger partial charge in [-0.2, -0.15) is 0 Å². The first-order valence-corrected chi connectivity index (χ1v) is 10.6. The second-order valence-electron chi connectivity index (χ2n) is 7.56. The van der Waals surface area contributed by atoms with Gasteiger partial charge in [-0.1, -0.05) is 0 Å². The molecule has 1 aromatic heterocycles. The zero-order valence-electron chi connectivity index (χ0n) is 17.8. The molecule has 1 aliphatic heterocycles. The maximum Gasteiger partial charge on any atom is 0.185 e. The molecule has 3 aromatic rings. The fourth-order valence-electron chi connectivity index (χ4n) is 3.63. The third-order valence-corrected chi connectivity index (χ3v) is 5.39. The highest BCUT2D eigenvalue weighted by Gasteiger charge is 2.11. The zero-order valence-corrected chi connectivity index (χ0v) is 17.8. The van der Waals surface area contributed by atoms with Gasteiger partial charge in [0, 0.05) is 24.3 Å². The number of benzene rings is 2. The minimum absolute atomic E-state index is 0.0439. The molecule has 160 valence electrons. The number of hydrogen-bond acceptors (Lipinski definition) is 5. The van der Waals surface area contributed by atoms with Gasteiger partial charge in [-0.25, -0.2) is 0 Å². The molecule has 2 aromatic carbocycles. The largest absolute Gasteiger partial charge is 0.497 e. The monoisotopic (exact) mass is 417 g/mol. The molecular weight excluding hydrogens is 390 g/mol. The molecular formula is C26H27NO4. The van der Waals surface area contributed by atoms with Crippen molar-refractivity contribution in [3.05, 3.63) is 83.8 Å². The first-order valence-electron chi connectivity index (χ1n) is 10.6. The quantitative estimate of drug-likeness (QED) is 0.345. The molecule has 0 spiro atoms. The number of rotatable bonds is 8. The van der Waals surface area contributed by atoms with Crippen LogP contribution in [-0.4, -0.2) is 26.0 Å². The van der Waals surface area contributed by atoms with Crippen molar-refractivity contribution in [2.24, 2.45) is 0 Å². The van der Waals surface area contributed by atoms with Gasteiger partial charge in [0.1, 0.15) is 29.6 Å². The van der Waals surface area contributed by atoms with Crippen LogP contribution in [0.4, 0.5) is 5.69 Å². The number of piperidine rings is 1. The van der Waals surface area contributed by atoms with Crippen LogP contribution in [0.1, 0.15) is 41.1 Å². The molecule has 0 aliphatic carbocycles. The number of carbonyl (C=O) groups excluding carboxylic acids is 1. The number of methoxy groups -OCH3 is 1. The lowest BCUT2D eigenvalue weighted by Gasteiger charge is -2.28. The van der Waals surface area contributed by atoms with Gasteiger partial charge in [-0.15, -0.1) is 0 Å². The Morgan fingerprint density at radius 3 is 2.35 bits per heavy atom. The molecule has 5 heteroatoms. The summed E-state index contributed by atoms with van der Waals surface area (Å²) in [4.78, 5) is 14.9. The van der Waals surface area contributed by atoms with Crippen LogP contribution in [0.3, 0.4) is 0 Å². The van der Waals surface area contributed by atoms with Crippen LogP contribution in [-0.2, 0) is 6.61 Å². The van der Waals surface area contributed by atoms with Gasteiger partial charge >= 0.3 is 0 Å². The minimum Gasteiger partial charge on any atom is -0.497 e. The van der Waals surface area contributed by atoms with Gasteiger partial charge < -0.3 is 18.8 Å². The topological polar surface area (TPSA) is 51.9 Å². The Morgan fingerprint density at radius 2 is 1.65 bits per heavy atom. The first kappa shape index (κ1) is 20.8. The van der Waals surface area contributed by atoms with E-state index in [9.17, 15) is 4.79 Å². The van der Waals surface area contributed by atoms with Crippen molar-refractivity contribution in [1.29, 1.82) is 0 Å². The minimum atomic E-state index is -0.0439. The van der Waals surface area contributed by atoms with Gasteiger partial charge in [0.15, 0.2) is 5.78 Å². The number of nitrogens with zero attached hydrogens (tertiary/aromatic N) is 1. The van der Waals surface area contributed by atoms with Gasteiger partial charge in [0.25, 0.3) is 0 Å². The number of ether oxygens (including phenoxy) is 2. The van der Waals surface area contributed by atoms with E-state index in [-0.39, 0.29) is 5.78 Å². The van der Waals surface area contributed by atoms with Crippen molar-refractivity contribution < 1.29 is 18.7 Å². The van der Waals surface area contributed by atoms with E-state index in [2.05, 4.69) is 4.90 Å². The predicted molar refractivity (Wildman–Crippen MR) is 122 cm³/mol. The third-order valence-electron chi connectivity index (χ3n) is 5.39. The standard InChI is InChI=1S/C26H27NO4/c1-29-22-9-11-23(12-10-22)30-19-25-14-13-24(31-25)15-16-26(28)20-5-7-21(8-6-20)27-17-3-2-4-18-27/h5-16H,2-4,17-19H2,1H3/b16-15+. The Balaban J connectivity index is 1.31. The summed E-state index contributed by atoms with van der Waals surface area (Å²) in [5, 5.41) is 0. The van der Waals surface area contributed by atoms with E-state index in [4.69, 9.17) is 13.9 Å². The first-order chi connectivity index (χ1) is 15.2. The molecule has 0 N–H and O–H groups in total. The normalized spacial score (nSPS) is 14.0. The van der Waals surface area contributed by atoms with Crippen LogP contribution in [0.25, 0.3) is 6.08 Å². The average molecular weight is 418 g/mol. The molecule has 4 rings (SSSR count). The highest BCUT2D eigenvalue weighted by Crippen LogP contribution is 2.21. The second kappa shape index (κ2) is 10.0. The van der Waals surface area contributed by atoms with Crippen LogP contribution in [0.5, 0.6) is 11.5 Å². The molecule has 0 radical (unpaired) electrons. The fraction of sp³-hybridized carbons (Fsp3) is 0.269. The third kappa shape index (κ3) is 5.57. The molecule has 0 unspecified atom stereocenters. The number of furan rings is 1. The smallest absolute Gasteiger partial charge is 0.185 e. The van der Waals surface area contributed by atoms with Crippen LogP contribution >= 0.6 is 0 Å². The summed E-state index contributed by atoms with van der Waals surface area (Å²) in [7, 11) is 1.63. The van der Waals surface area contributed by atoms with Gasteiger partial charge in [-0.3, -0.25) is 4.79 Å². The maximum absolute atomic E-state index is 12.5. The second-order valence-corrected chi connectivity index (χ2v) is 7.56. The fourth-order valence-corrected chi connectivity index (χ4v) is 3.63. The molecule has 1 saturated heterocycles. The molecule has 1 fully saturated rings. The summed E-state index contributed by atoms with van der Waals surface area (Å²) >= 11 is 0. The van der Waals surface area contributed by atoms with E-state index < -0.39 is 0 Å². The molecule has 1 aliphatic rings. The van der Waals surface area contributed by atoms with Crippen molar-refractivity contribution in [2.45, 2.75) is 25.9 Å². The Labute approximate surface area is 182 Å². The lowest BCUT2D eigenvalue weighted by atomic mass is 10.1. The summed E-state index contributed by atoms with van der Waals surface area (Å²) in [5.41, 5.74) is 1.86. The van der Waals surface area contributed by atoms with Crippen molar-refractivity contribution in [2.75, 3.05) is 25.1 Å². The van der Waals surface area contributed by atoms with Crippen LogP contribution < -0.4 is 14.4 Å². The number of anilines is 1. The van der Waals surface area contributed by atoms with Crippen molar-refractivity contribution in [1.82, 2.24) is 0 Å². The predicted octanol–water partition coefficient (Wildman–Crippen LogP) is 5.75. The highest BCUT2D eigenvalue weighted by molar-refractivity contribution is 6.06. The van der Waals surface area contributed by atoms with Crippen LogP contribution in [0.2, 0.25) is 0 Å². The molecule has 0 saturated carbocycles. The summed E-state index contributed by atoms with van der Waals surface area (Å²) in [5.74, 6) is 2.78. The van der Waals surface area contributed by atoms with Crippen LogP contribution in [0, 0.1) is 0 Å². The van der Waals surface area contributed by atoms with Crippen molar-refractivity contribution in [3.63, 3.8) is 0 Å². The Bertz CT molecular complexity index is 1010. The van der Waals surface area contributed by atoms with E-state index >= 15 is 0 Å². The van der Waals surface area contributed by atoms with E-state index in [1.165, 1.54) is 24.9 Å². The van der Waals surface area contributed by atoms with Gasteiger partial charge in [0.2, 0.25) is 0 Å². The summed E-state index contributed by atoms with van der Waals surface area (Å²) in [6.07, 6.45) is 7.01. The average Bonchev–Trinajstić information content (AvgIpc) is 3.30. The molecule has 5 nitrogen and oxygen atoms in total. The van der Waals surface area contributed by atoms with E-state index in [1.807, 2.05) is 60.7 Å². The van der Waals surface area contributed by atoms with Gasteiger partial charge in [-0.05, 0) is 92.1 Å². The molecule has 2 heterocycles. The SMILES string of the molecule is COc1ccc(OCc2ccc(/C=C/C(=O)c3ccc(N4CCCCC4)cc3)o2)cc1. The summed E-state index contributed by atoms with van der Waals surface area (Å²) in [6, 6.07) is 18.9. The Morgan fingerprint density at radius 1 is 0.935 bits per heavy atom. The Hall–Kier alpha value is -3.47. The van der Waals surface area contributed by atoms with Crippen molar-refractivity contribution >= 4 is 17.5 Å². The van der Waals surface area contributed by atoms with Crippen molar-refractivity contribution in [3.8, 4) is 11.5 Å². The van der Waals surface area contributed by atoms with Gasteiger partial charge in [0.05, 0.1) is 7.11 Å². The number of carbonyl (C=O) groups is 1. The lowest BCUT2D eigenvalue weighted by Crippen LogP contribution is -2.29. The van der Waals surface area contributed by atoms with E-state index in [0.29, 0.717) is 23.7 Å². The maximum atomic E-state index is 12.5. The van der Waals surface area contributed by atoms with E-state index in [1.54, 1.807) is 19.3 Å².